The van der Waals surface area contributed by atoms with Crippen molar-refractivity contribution < 1.29 is 32.3 Å². The Balaban J connectivity index is 1.23. The van der Waals surface area contributed by atoms with E-state index in [9.17, 15) is 23.1 Å². The lowest BCUT2D eigenvalue weighted by Gasteiger charge is -2.39. The molecule has 4 aromatic rings. The number of alkyl halides is 3. The van der Waals surface area contributed by atoms with Crippen molar-refractivity contribution in [3.8, 4) is 17.0 Å². The Hall–Kier alpha value is -4.34. The molecule has 2 fully saturated rings. The molecule has 0 radical (unpaired) electrons. The summed E-state index contributed by atoms with van der Waals surface area (Å²) in [6.45, 7) is 3.03. The van der Waals surface area contributed by atoms with Crippen molar-refractivity contribution in [1.29, 1.82) is 0 Å². The second-order valence-electron chi connectivity index (χ2n) is 9.94. The number of hydrogen-bond donors (Lipinski definition) is 1. The lowest BCUT2D eigenvalue weighted by Crippen LogP contribution is -2.45. The molecule has 6 rings (SSSR count). The molecule has 2 aliphatic rings. The zero-order chi connectivity index (χ0) is 27.3. The van der Waals surface area contributed by atoms with Crippen LogP contribution in [0.15, 0.2) is 59.1 Å². The fourth-order valence-electron chi connectivity index (χ4n) is 4.72. The fraction of sp³-hybridized carbons (Fsp3) is 0.276. The van der Waals surface area contributed by atoms with Crippen LogP contribution >= 0.6 is 0 Å². The molecule has 0 amide bonds. The van der Waals surface area contributed by atoms with Gasteiger partial charge in [0.1, 0.15) is 11.4 Å². The number of benzene rings is 2. The summed E-state index contributed by atoms with van der Waals surface area (Å²) in [6, 6.07) is 14.1. The summed E-state index contributed by atoms with van der Waals surface area (Å²) in [5.74, 6) is -1.71. The number of hydrogen-bond acceptors (Lipinski definition) is 6. The SMILES string of the molecule is Cc1ccccc1-c1noc(C(F)(F)F)c1/C=C/C1CN(c2ccc3nc(C(=O)O)cc(OC4CC4)c3c2)C1. The van der Waals surface area contributed by atoms with Crippen molar-refractivity contribution in [2.24, 2.45) is 5.92 Å². The van der Waals surface area contributed by atoms with Crippen LogP contribution in [0.5, 0.6) is 5.75 Å². The van der Waals surface area contributed by atoms with Gasteiger partial charge >= 0.3 is 12.1 Å². The van der Waals surface area contributed by atoms with Gasteiger partial charge < -0.3 is 19.3 Å². The van der Waals surface area contributed by atoms with Gasteiger partial charge in [-0.15, -0.1) is 0 Å². The summed E-state index contributed by atoms with van der Waals surface area (Å²) in [7, 11) is 0. The highest BCUT2D eigenvalue weighted by Crippen LogP contribution is 2.39. The number of carboxylic acids is 1. The van der Waals surface area contributed by atoms with E-state index >= 15 is 0 Å². The van der Waals surface area contributed by atoms with Crippen molar-refractivity contribution >= 4 is 28.6 Å². The minimum atomic E-state index is -4.67. The molecule has 1 aliphatic heterocycles. The molecule has 7 nitrogen and oxygen atoms in total. The molecule has 10 heteroatoms. The number of rotatable bonds is 7. The van der Waals surface area contributed by atoms with E-state index in [1.165, 1.54) is 12.1 Å². The van der Waals surface area contributed by atoms with E-state index in [0.717, 1.165) is 29.5 Å². The van der Waals surface area contributed by atoms with Gasteiger partial charge in [-0.2, -0.15) is 13.2 Å². The number of carboxylic acid groups (broad SMARTS) is 1. The number of fused-ring (bicyclic) bond motifs is 1. The molecule has 1 aliphatic carbocycles. The van der Waals surface area contributed by atoms with E-state index in [0.29, 0.717) is 29.9 Å². The molecule has 3 heterocycles. The Morgan fingerprint density at radius 1 is 1.15 bits per heavy atom. The van der Waals surface area contributed by atoms with Crippen molar-refractivity contribution in [3.63, 3.8) is 0 Å². The molecule has 0 atom stereocenters. The molecule has 2 aromatic carbocycles. The first kappa shape index (κ1) is 25.0. The van der Waals surface area contributed by atoms with Crippen LogP contribution in [0.4, 0.5) is 18.9 Å². The Labute approximate surface area is 221 Å². The zero-order valence-electron chi connectivity index (χ0n) is 20.9. The van der Waals surface area contributed by atoms with E-state index < -0.39 is 17.9 Å². The van der Waals surface area contributed by atoms with Crippen LogP contribution in [0.1, 0.15) is 40.2 Å². The lowest BCUT2D eigenvalue weighted by atomic mass is 9.95. The van der Waals surface area contributed by atoms with Crippen molar-refractivity contribution in [2.75, 3.05) is 18.0 Å². The van der Waals surface area contributed by atoms with E-state index in [4.69, 9.17) is 9.26 Å². The maximum Gasteiger partial charge on any atom is 0.453 e. The molecule has 1 saturated heterocycles. The monoisotopic (exact) mass is 535 g/mol. The van der Waals surface area contributed by atoms with Gasteiger partial charge in [-0.05, 0) is 43.5 Å². The quantitative estimate of drug-likeness (QED) is 0.285. The third-order valence-electron chi connectivity index (χ3n) is 6.99. The summed E-state index contributed by atoms with van der Waals surface area (Å²) in [5.41, 5.74) is 2.84. The third kappa shape index (κ3) is 4.94. The van der Waals surface area contributed by atoms with Gasteiger partial charge in [-0.25, -0.2) is 9.78 Å². The Morgan fingerprint density at radius 2 is 1.92 bits per heavy atom. The lowest BCUT2D eigenvalue weighted by molar-refractivity contribution is -0.155. The van der Waals surface area contributed by atoms with Gasteiger partial charge in [0, 0.05) is 41.7 Å². The number of anilines is 1. The number of aromatic nitrogens is 2. The molecular formula is C29H24F3N3O4. The van der Waals surface area contributed by atoms with E-state index in [-0.39, 0.29) is 29.0 Å². The van der Waals surface area contributed by atoms with Crippen LogP contribution in [0.2, 0.25) is 0 Å². The Bertz CT molecular complexity index is 1600. The molecule has 39 heavy (non-hydrogen) atoms. The standard InChI is InChI=1S/C29H24F3N3O4/c1-16-4-2-3-5-20(16)26-21(27(39-34-26)29(30,31)32)10-6-17-14-35(15-17)18-7-11-23-22(12-18)25(38-19-8-9-19)13-24(33-23)28(36)37/h2-7,10-13,17,19H,8-9,14-15H2,1H3,(H,36,37)/b10-6+. The van der Waals surface area contributed by atoms with Crippen LogP contribution in [-0.2, 0) is 6.18 Å². The maximum atomic E-state index is 13.7. The number of aryl methyl sites for hydroxylation is 1. The molecule has 0 unspecified atom stereocenters. The van der Waals surface area contributed by atoms with Crippen LogP contribution in [0.25, 0.3) is 28.2 Å². The molecule has 1 saturated carbocycles. The second-order valence-corrected chi connectivity index (χ2v) is 9.94. The number of ether oxygens (including phenoxy) is 1. The molecule has 200 valence electrons. The average molecular weight is 536 g/mol. The van der Waals surface area contributed by atoms with Gasteiger partial charge in [0.2, 0.25) is 5.76 Å². The molecular weight excluding hydrogens is 511 g/mol. The highest BCUT2D eigenvalue weighted by atomic mass is 19.4. The number of aromatic carboxylic acids is 1. The average Bonchev–Trinajstić information content (AvgIpc) is 3.58. The number of halogens is 3. The predicted molar refractivity (Wildman–Crippen MR) is 139 cm³/mol. The summed E-state index contributed by atoms with van der Waals surface area (Å²) in [5, 5.41) is 13.9. The first-order chi connectivity index (χ1) is 18.7. The van der Waals surface area contributed by atoms with Gasteiger partial charge in [-0.3, -0.25) is 0 Å². The van der Waals surface area contributed by atoms with E-state index in [2.05, 4.69) is 15.0 Å². The topological polar surface area (TPSA) is 88.7 Å². The Kier molecular flexibility index (Phi) is 6.05. The normalized spacial score (nSPS) is 16.2. The smallest absolute Gasteiger partial charge is 0.453 e. The zero-order valence-corrected chi connectivity index (χ0v) is 20.9. The number of carbonyl (C=O) groups is 1. The summed E-state index contributed by atoms with van der Waals surface area (Å²) < 4.78 is 51.7. The number of nitrogens with zero attached hydrogens (tertiary/aromatic N) is 3. The highest BCUT2D eigenvalue weighted by Gasteiger charge is 2.40. The first-order valence-corrected chi connectivity index (χ1v) is 12.6. The minimum Gasteiger partial charge on any atom is -0.490 e. The summed E-state index contributed by atoms with van der Waals surface area (Å²) in [6.07, 6.45) is 0.507. The van der Waals surface area contributed by atoms with Gasteiger partial charge in [-0.1, -0.05) is 41.6 Å². The molecule has 2 aromatic heterocycles. The van der Waals surface area contributed by atoms with Crippen LogP contribution in [0.3, 0.4) is 0 Å². The van der Waals surface area contributed by atoms with Crippen molar-refractivity contribution in [2.45, 2.75) is 32.0 Å². The number of pyridine rings is 1. The Morgan fingerprint density at radius 3 is 2.62 bits per heavy atom. The van der Waals surface area contributed by atoms with Crippen molar-refractivity contribution in [1.82, 2.24) is 10.1 Å². The van der Waals surface area contributed by atoms with Crippen LogP contribution < -0.4 is 9.64 Å². The van der Waals surface area contributed by atoms with E-state index in [1.807, 2.05) is 31.2 Å². The third-order valence-corrected chi connectivity index (χ3v) is 6.99. The maximum absolute atomic E-state index is 13.7. The van der Waals surface area contributed by atoms with Gasteiger partial charge in [0.25, 0.3) is 0 Å². The largest absolute Gasteiger partial charge is 0.490 e. The van der Waals surface area contributed by atoms with Gasteiger partial charge in [0.15, 0.2) is 5.69 Å². The molecule has 1 N–H and O–H groups in total. The second kappa shape index (κ2) is 9.44. The van der Waals surface area contributed by atoms with Crippen LogP contribution in [0, 0.1) is 12.8 Å². The van der Waals surface area contributed by atoms with Gasteiger partial charge in [0.05, 0.1) is 17.2 Å². The summed E-state index contributed by atoms with van der Waals surface area (Å²) >= 11 is 0. The summed E-state index contributed by atoms with van der Waals surface area (Å²) in [4.78, 5) is 17.8. The van der Waals surface area contributed by atoms with Crippen molar-refractivity contribution in [3.05, 3.63) is 77.2 Å². The van der Waals surface area contributed by atoms with Crippen LogP contribution in [-0.4, -0.2) is 40.4 Å². The fourth-order valence-corrected chi connectivity index (χ4v) is 4.72. The predicted octanol–water partition coefficient (Wildman–Crippen LogP) is 6.61. The minimum absolute atomic E-state index is 0.0242. The highest BCUT2D eigenvalue weighted by molar-refractivity contribution is 5.94. The van der Waals surface area contributed by atoms with E-state index in [1.54, 1.807) is 24.3 Å². The molecule has 0 spiro atoms. The first-order valence-electron chi connectivity index (χ1n) is 12.6. The molecule has 0 bridgehead atoms.